The minimum Gasteiger partial charge on any atom is -0.341 e. The number of rotatable bonds is 8. The lowest BCUT2D eigenvalue weighted by Gasteiger charge is -2.34. The van der Waals surface area contributed by atoms with Gasteiger partial charge in [0.05, 0.1) is 6.33 Å². The summed E-state index contributed by atoms with van der Waals surface area (Å²) in [7, 11) is 0. The van der Waals surface area contributed by atoms with Gasteiger partial charge < -0.3 is 14.4 Å². The topological polar surface area (TPSA) is 80.0 Å². The highest BCUT2D eigenvalue weighted by Gasteiger charge is 2.29. The Morgan fingerprint density at radius 3 is 2.60 bits per heavy atom. The Morgan fingerprint density at radius 2 is 1.90 bits per heavy atom. The van der Waals surface area contributed by atoms with E-state index in [0.717, 1.165) is 50.4 Å². The normalized spacial score (nSPS) is 14.6. The minimum absolute atomic E-state index is 0.0369. The summed E-state index contributed by atoms with van der Waals surface area (Å²) < 4.78 is 2.05. The predicted molar refractivity (Wildman–Crippen MR) is 113 cm³/mol. The average Bonchev–Trinajstić information content (AvgIpc) is 3.33. The predicted octanol–water partition coefficient (Wildman–Crippen LogP) is 2.40. The van der Waals surface area contributed by atoms with Gasteiger partial charge in [0.15, 0.2) is 0 Å². The fraction of sp³-hybridized carbons (Fsp3) is 0.409. The van der Waals surface area contributed by atoms with Gasteiger partial charge >= 0.3 is 0 Å². The zero-order valence-corrected chi connectivity index (χ0v) is 17.0. The van der Waals surface area contributed by atoms with Crippen molar-refractivity contribution in [3.63, 3.8) is 0 Å². The van der Waals surface area contributed by atoms with Gasteiger partial charge in [0.1, 0.15) is 0 Å². The van der Waals surface area contributed by atoms with Crippen LogP contribution in [-0.2, 0) is 17.9 Å². The number of piperidine rings is 1. The number of hydrogen-bond acceptors (Lipinski definition) is 6. The molecule has 3 aromatic heterocycles. The molecule has 4 heterocycles. The maximum atomic E-state index is 13.4. The van der Waals surface area contributed by atoms with Crippen molar-refractivity contribution in [3.05, 3.63) is 67.3 Å². The molecule has 8 heteroatoms. The number of pyridine rings is 1. The Morgan fingerprint density at radius 1 is 1.07 bits per heavy atom. The third-order valence-electron chi connectivity index (χ3n) is 5.49. The largest absolute Gasteiger partial charge is 0.341 e. The molecule has 0 unspecified atom stereocenters. The fourth-order valence-corrected chi connectivity index (χ4v) is 3.88. The highest BCUT2D eigenvalue weighted by atomic mass is 16.2. The van der Waals surface area contributed by atoms with E-state index in [0.29, 0.717) is 13.1 Å². The molecule has 1 aliphatic heterocycles. The van der Waals surface area contributed by atoms with Crippen LogP contribution in [0.3, 0.4) is 0 Å². The van der Waals surface area contributed by atoms with Gasteiger partial charge in [-0.05, 0) is 37.0 Å². The van der Waals surface area contributed by atoms with Crippen molar-refractivity contribution < 1.29 is 4.79 Å². The Kier molecular flexibility index (Phi) is 6.64. The molecule has 0 bridgehead atoms. The number of aromatic nitrogens is 5. The summed E-state index contributed by atoms with van der Waals surface area (Å²) in [4.78, 5) is 34.5. The Balaban J connectivity index is 1.37. The van der Waals surface area contributed by atoms with Crippen LogP contribution in [0.1, 0.15) is 24.8 Å². The minimum atomic E-state index is 0.0369. The Bertz CT molecular complexity index is 894. The number of imidazole rings is 1. The Labute approximate surface area is 176 Å². The van der Waals surface area contributed by atoms with Crippen LogP contribution in [0.25, 0.3) is 0 Å². The standard InChI is InChI=1S/C22H27N7O/c30-21(20-5-13-28(14-6-20)22-25-8-2-9-26-22)29(17-19-4-1-7-23-16-19)12-3-11-27-15-10-24-18-27/h1-2,4,7-10,15-16,18,20H,3,5-6,11-14,17H2. The summed E-state index contributed by atoms with van der Waals surface area (Å²) in [5, 5.41) is 0. The zero-order valence-electron chi connectivity index (χ0n) is 17.0. The first kappa shape index (κ1) is 20.0. The summed E-state index contributed by atoms with van der Waals surface area (Å²) in [6.45, 7) is 3.76. The third-order valence-corrected chi connectivity index (χ3v) is 5.49. The molecule has 30 heavy (non-hydrogen) atoms. The number of amides is 1. The summed E-state index contributed by atoms with van der Waals surface area (Å²) in [5.74, 6) is 1.02. The van der Waals surface area contributed by atoms with E-state index in [1.165, 1.54) is 0 Å². The van der Waals surface area contributed by atoms with Crippen molar-refractivity contribution in [3.8, 4) is 0 Å². The monoisotopic (exact) mass is 405 g/mol. The second kappa shape index (κ2) is 9.96. The van der Waals surface area contributed by atoms with E-state index < -0.39 is 0 Å². The van der Waals surface area contributed by atoms with Crippen molar-refractivity contribution in [2.75, 3.05) is 24.5 Å². The molecule has 0 saturated carbocycles. The van der Waals surface area contributed by atoms with Gasteiger partial charge in [-0.25, -0.2) is 15.0 Å². The van der Waals surface area contributed by atoms with Gasteiger partial charge in [-0.15, -0.1) is 0 Å². The summed E-state index contributed by atoms with van der Waals surface area (Å²) in [6.07, 6.45) is 15.2. The van der Waals surface area contributed by atoms with E-state index in [1.54, 1.807) is 24.8 Å². The third kappa shape index (κ3) is 5.20. The van der Waals surface area contributed by atoms with Gasteiger partial charge in [0.2, 0.25) is 11.9 Å². The summed E-state index contributed by atoms with van der Waals surface area (Å²) in [6, 6.07) is 5.76. The molecule has 1 aliphatic rings. The molecule has 8 nitrogen and oxygen atoms in total. The number of carbonyl (C=O) groups is 1. The van der Waals surface area contributed by atoms with Gasteiger partial charge in [-0.3, -0.25) is 9.78 Å². The first-order valence-corrected chi connectivity index (χ1v) is 10.4. The molecule has 0 atom stereocenters. The van der Waals surface area contributed by atoms with Gasteiger partial charge in [0, 0.05) is 75.8 Å². The first-order chi connectivity index (χ1) is 14.8. The molecule has 0 radical (unpaired) electrons. The van der Waals surface area contributed by atoms with Gasteiger partial charge in [-0.2, -0.15) is 0 Å². The molecular formula is C22H27N7O. The first-order valence-electron chi connectivity index (χ1n) is 10.4. The van der Waals surface area contributed by atoms with Crippen LogP contribution in [0.2, 0.25) is 0 Å². The fourth-order valence-electron chi connectivity index (χ4n) is 3.88. The number of carbonyl (C=O) groups excluding carboxylic acids is 1. The van der Waals surface area contributed by atoms with Crippen molar-refractivity contribution in [2.24, 2.45) is 5.92 Å². The molecule has 1 saturated heterocycles. The molecule has 1 amide bonds. The van der Waals surface area contributed by atoms with Crippen molar-refractivity contribution in [1.29, 1.82) is 0 Å². The van der Waals surface area contributed by atoms with E-state index in [1.807, 2.05) is 46.4 Å². The quantitative estimate of drug-likeness (QED) is 0.573. The van der Waals surface area contributed by atoms with Crippen LogP contribution in [0, 0.1) is 5.92 Å². The lowest BCUT2D eigenvalue weighted by molar-refractivity contribution is -0.137. The maximum absolute atomic E-state index is 13.4. The van der Waals surface area contributed by atoms with E-state index in [2.05, 4.69) is 24.8 Å². The average molecular weight is 406 g/mol. The molecule has 0 N–H and O–H groups in total. The van der Waals surface area contributed by atoms with Crippen LogP contribution in [0.4, 0.5) is 5.95 Å². The van der Waals surface area contributed by atoms with Crippen LogP contribution in [-0.4, -0.2) is 54.9 Å². The van der Waals surface area contributed by atoms with Crippen molar-refractivity contribution >= 4 is 11.9 Å². The zero-order chi connectivity index (χ0) is 20.6. The maximum Gasteiger partial charge on any atom is 0.226 e. The van der Waals surface area contributed by atoms with Crippen LogP contribution < -0.4 is 4.90 Å². The Hall–Kier alpha value is -3.29. The smallest absolute Gasteiger partial charge is 0.226 e. The molecule has 156 valence electrons. The van der Waals surface area contributed by atoms with Crippen molar-refractivity contribution in [1.82, 2.24) is 29.4 Å². The molecule has 0 spiro atoms. The highest BCUT2D eigenvalue weighted by molar-refractivity contribution is 5.79. The second-order valence-corrected chi connectivity index (χ2v) is 7.59. The molecule has 1 fully saturated rings. The summed E-state index contributed by atoms with van der Waals surface area (Å²) >= 11 is 0. The van der Waals surface area contributed by atoms with Crippen LogP contribution in [0.15, 0.2) is 61.7 Å². The SMILES string of the molecule is O=C(C1CCN(c2ncccn2)CC1)N(CCCn1ccnc1)Cc1cccnc1. The lowest BCUT2D eigenvalue weighted by Crippen LogP contribution is -2.43. The molecule has 0 aromatic carbocycles. The van der Waals surface area contributed by atoms with E-state index in [4.69, 9.17) is 0 Å². The molecule has 4 rings (SSSR count). The van der Waals surface area contributed by atoms with Crippen LogP contribution in [0.5, 0.6) is 0 Å². The van der Waals surface area contributed by atoms with E-state index >= 15 is 0 Å². The molecule has 0 aliphatic carbocycles. The number of nitrogens with zero attached hydrogens (tertiary/aromatic N) is 7. The van der Waals surface area contributed by atoms with Crippen LogP contribution >= 0.6 is 0 Å². The number of aryl methyl sites for hydroxylation is 1. The van der Waals surface area contributed by atoms with Gasteiger partial charge in [-0.1, -0.05) is 6.07 Å². The summed E-state index contributed by atoms with van der Waals surface area (Å²) in [5.41, 5.74) is 1.06. The highest BCUT2D eigenvalue weighted by Crippen LogP contribution is 2.23. The van der Waals surface area contributed by atoms with E-state index in [9.17, 15) is 4.79 Å². The molecular weight excluding hydrogens is 378 g/mol. The molecule has 3 aromatic rings. The second-order valence-electron chi connectivity index (χ2n) is 7.59. The van der Waals surface area contributed by atoms with Gasteiger partial charge in [0.25, 0.3) is 0 Å². The van der Waals surface area contributed by atoms with E-state index in [-0.39, 0.29) is 11.8 Å². The lowest BCUT2D eigenvalue weighted by atomic mass is 9.95. The van der Waals surface area contributed by atoms with Crippen molar-refractivity contribution in [2.45, 2.75) is 32.4 Å². The number of anilines is 1. The number of hydrogen-bond donors (Lipinski definition) is 0.